The molecule has 0 bridgehead atoms. The van der Waals surface area contributed by atoms with Gasteiger partial charge < -0.3 is 9.32 Å². The van der Waals surface area contributed by atoms with Crippen molar-refractivity contribution in [2.75, 3.05) is 13.6 Å². The van der Waals surface area contributed by atoms with E-state index in [1.165, 1.54) is 0 Å². The molecule has 0 aromatic carbocycles. The highest BCUT2D eigenvalue weighted by Gasteiger charge is 2.49. The second kappa shape index (κ2) is 5.30. The van der Waals surface area contributed by atoms with Gasteiger partial charge in [0, 0.05) is 36.6 Å². The standard InChI is InChI=1S/C16H23N3O2/c1-5-13(20)19-16(12-7-6-8-21-12)14-11(3)18(4)9-10(2)15(14)17-19/h6-8,10-11,14,16H,5,9H2,1-4H3/t10-,11+,14-,16+/m0/s1. The molecule has 2 aliphatic rings. The summed E-state index contributed by atoms with van der Waals surface area (Å²) in [5, 5.41) is 6.36. The lowest BCUT2D eigenvalue weighted by Gasteiger charge is -2.40. The first kappa shape index (κ1) is 14.3. The van der Waals surface area contributed by atoms with Crippen LogP contribution in [0.1, 0.15) is 39.0 Å². The van der Waals surface area contributed by atoms with Gasteiger partial charge in [0.15, 0.2) is 0 Å². The van der Waals surface area contributed by atoms with Crippen molar-refractivity contribution in [3.8, 4) is 0 Å². The number of likely N-dealkylation sites (tertiary alicyclic amines) is 1. The summed E-state index contributed by atoms with van der Waals surface area (Å²) in [6, 6.07) is 4.06. The SMILES string of the molecule is CCC(=O)N1N=C2[C@H]([C@@H](C)N(C)C[C@@H]2C)[C@H]1c1ccco1. The Morgan fingerprint density at radius 2 is 2.24 bits per heavy atom. The van der Waals surface area contributed by atoms with Crippen molar-refractivity contribution >= 4 is 11.6 Å². The third kappa shape index (κ3) is 2.20. The molecule has 5 nitrogen and oxygen atoms in total. The molecule has 0 radical (unpaired) electrons. The van der Waals surface area contributed by atoms with E-state index in [2.05, 4.69) is 25.8 Å². The van der Waals surface area contributed by atoms with Crippen molar-refractivity contribution in [2.45, 2.75) is 39.3 Å². The topological polar surface area (TPSA) is 49.1 Å². The zero-order valence-corrected chi connectivity index (χ0v) is 13.1. The molecule has 0 saturated carbocycles. The summed E-state index contributed by atoms with van der Waals surface area (Å²) in [6.07, 6.45) is 2.13. The normalized spacial score (nSPS) is 33.0. The summed E-state index contributed by atoms with van der Waals surface area (Å²) < 4.78 is 5.62. The minimum atomic E-state index is -0.109. The summed E-state index contributed by atoms with van der Waals surface area (Å²) in [5.41, 5.74) is 1.14. The average Bonchev–Trinajstić information content (AvgIpc) is 3.10. The molecular formula is C16H23N3O2. The van der Waals surface area contributed by atoms with E-state index in [1.54, 1.807) is 11.3 Å². The van der Waals surface area contributed by atoms with Gasteiger partial charge in [0.25, 0.3) is 0 Å². The van der Waals surface area contributed by atoms with E-state index in [0.717, 1.165) is 18.0 Å². The molecule has 0 N–H and O–H groups in total. The average molecular weight is 289 g/mol. The van der Waals surface area contributed by atoms with Gasteiger partial charge in [0.1, 0.15) is 11.8 Å². The predicted molar refractivity (Wildman–Crippen MR) is 80.8 cm³/mol. The first-order valence-electron chi connectivity index (χ1n) is 7.68. The zero-order valence-electron chi connectivity index (χ0n) is 13.1. The lowest BCUT2D eigenvalue weighted by atomic mass is 9.78. The van der Waals surface area contributed by atoms with Gasteiger partial charge in [-0.15, -0.1) is 0 Å². The van der Waals surface area contributed by atoms with Crippen LogP contribution in [0, 0.1) is 11.8 Å². The Kier molecular flexibility index (Phi) is 3.61. The van der Waals surface area contributed by atoms with E-state index in [-0.39, 0.29) is 17.9 Å². The van der Waals surface area contributed by atoms with Crippen molar-refractivity contribution in [3.05, 3.63) is 24.2 Å². The Balaban J connectivity index is 2.04. The van der Waals surface area contributed by atoms with Crippen LogP contribution in [0.25, 0.3) is 0 Å². The molecule has 1 aromatic rings. The summed E-state index contributed by atoms with van der Waals surface area (Å²) >= 11 is 0. The fourth-order valence-corrected chi connectivity index (χ4v) is 3.60. The number of hydrogen-bond donors (Lipinski definition) is 0. The van der Waals surface area contributed by atoms with Crippen molar-refractivity contribution in [1.29, 1.82) is 0 Å². The fraction of sp³-hybridized carbons (Fsp3) is 0.625. The van der Waals surface area contributed by atoms with Gasteiger partial charge in [-0.3, -0.25) is 4.79 Å². The Bertz CT molecular complexity index is 552. The number of furan rings is 1. The summed E-state index contributed by atoms with van der Waals surface area (Å²) in [7, 11) is 2.14. The Hall–Kier alpha value is -1.62. The van der Waals surface area contributed by atoms with Gasteiger partial charge in [-0.25, -0.2) is 5.01 Å². The maximum atomic E-state index is 12.3. The monoisotopic (exact) mass is 289 g/mol. The largest absolute Gasteiger partial charge is 0.467 e. The number of hydrogen-bond acceptors (Lipinski definition) is 4. The van der Waals surface area contributed by atoms with E-state index in [9.17, 15) is 4.79 Å². The lowest BCUT2D eigenvalue weighted by Crippen LogP contribution is -2.51. The first-order chi connectivity index (χ1) is 10.0. The maximum Gasteiger partial charge on any atom is 0.243 e. The van der Waals surface area contributed by atoms with Crippen LogP contribution in [0.2, 0.25) is 0 Å². The molecule has 114 valence electrons. The number of rotatable bonds is 2. The summed E-state index contributed by atoms with van der Waals surface area (Å²) in [4.78, 5) is 14.7. The molecule has 4 atom stereocenters. The highest BCUT2D eigenvalue weighted by atomic mass is 16.3. The van der Waals surface area contributed by atoms with Crippen LogP contribution in [-0.4, -0.2) is 41.2 Å². The number of carbonyl (C=O) groups excluding carboxylic acids is 1. The molecule has 3 heterocycles. The smallest absolute Gasteiger partial charge is 0.243 e. The number of nitrogens with zero attached hydrogens (tertiary/aromatic N) is 3. The Morgan fingerprint density at radius 3 is 2.86 bits per heavy atom. The molecule has 0 unspecified atom stereocenters. The van der Waals surface area contributed by atoms with E-state index in [4.69, 9.17) is 9.52 Å². The third-order valence-electron chi connectivity index (χ3n) is 4.84. The quantitative estimate of drug-likeness (QED) is 0.840. The van der Waals surface area contributed by atoms with Crippen LogP contribution < -0.4 is 0 Å². The van der Waals surface area contributed by atoms with Crippen molar-refractivity contribution in [1.82, 2.24) is 9.91 Å². The van der Waals surface area contributed by atoms with Crippen LogP contribution in [0.5, 0.6) is 0 Å². The summed E-state index contributed by atoms with van der Waals surface area (Å²) in [5.74, 6) is 1.46. The van der Waals surface area contributed by atoms with E-state index in [0.29, 0.717) is 18.4 Å². The minimum absolute atomic E-state index is 0.0559. The molecule has 1 amide bonds. The molecule has 5 heteroatoms. The predicted octanol–water partition coefficient (Wildman–Crippen LogP) is 2.52. The number of piperidine rings is 1. The minimum Gasteiger partial charge on any atom is -0.467 e. The second-order valence-electron chi connectivity index (χ2n) is 6.18. The van der Waals surface area contributed by atoms with Crippen LogP contribution in [0.4, 0.5) is 0 Å². The first-order valence-corrected chi connectivity index (χ1v) is 7.68. The van der Waals surface area contributed by atoms with Crippen molar-refractivity contribution < 1.29 is 9.21 Å². The molecule has 1 saturated heterocycles. The third-order valence-corrected chi connectivity index (χ3v) is 4.84. The van der Waals surface area contributed by atoms with E-state index < -0.39 is 0 Å². The fourth-order valence-electron chi connectivity index (χ4n) is 3.60. The highest BCUT2D eigenvalue weighted by Crippen LogP contribution is 2.43. The van der Waals surface area contributed by atoms with Crippen LogP contribution in [0.15, 0.2) is 27.9 Å². The number of fused-ring (bicyclic) bond motifs is 1. The summed E-state index contributed by atoms with van der Waals surface area (Å²) in [6.45, 7) is 7.26. The molecule has 1 aromatic heterocycles. The Labute approximate surface area is 125 Å². The van der Waals surface area contributed by atoms with E-state index in [1.807, 2.05) is 19.1 Å². The van der Waals surface area contributed by atoms with Gasteiger partial charge >= 0.3 is 0 Å². The molecule has 21 heavy (non-hydrogen) atoms. The highest BCUT2D eigenvalue weighted by molar-refractivity contribution is 5.94. The van der Waals surface area contributed by atoms with Gasteiger partial charge in [-0.1, -0.05) is 13.8 Å². The van der Waals surface area contributed by atoms with Crippen LogP contribution >= 0.6 is 0 Å². The molecule has 1 fully saturated rings. The van der Waals surface area contributed by atoms with E-state index >= 15 is 0 Å². The zero-order chi connectivity index (χ0) is 15.1. The number of carbonyl (C=O) groups is 1. The van der Waals surface area contributed by atoms with Gasteiger partial charge in [0.05, 0.1) is 6.26 Å². The van der Waals surface area contributed by atoms with Gasteiger partial charge in [0.2, 0.25) is 5.91 Å². The lowest BCUT2D eigenvalue weighted by molar-refractivity contribution is -0.133. The van der Waals surface area contributed by atoms with Gasteiger partial charge in [-0.2, -0.15) is 5.10 Å². The van der Waals surface area contributed by atoms with Crippen molar-refractivity contribution in [3.63, 3.8) is 0 Å². The van der Waals surface area contributed by atoms with Crippen LogP contribution in [-0.2, 0) is 4.79 Å². The molecule has 3 rings (SSSR count). The van der Waals surface area contributed by atoms with Crippen molar-refractivity contribution in [2.24, 2.45) is 16.9 Å². The molecule has 0 spiro atoms. The Morgan fingerprint density at radius 1 is 1.48 bits per heavy atom. The number of hydrazone groups is 1. The number of amides is 1. The maximum absolute atomic E-state index is 12.3. The van der Waals surface area contributed by atoms with Crippen LogP contribution in [0.3, 0.4) is 0 Å². The van der Waals surface area contributed by atoms with Gasteiger partial charge in [-0.05, 0) is 26.1 Å². The molecule has 0 aliphatic carbocycles. The molecule has 2 aliphatic heterocycles. The molecular weight excluding hydrogens is 266 g/mol. The second-order valence-corrected chi connectivity index (χ2v) is 6.18.